The number of nitrogens with one attached hydrogen (secondary N) is 4. The lowest BCUT2D eigenvalue weighted by Gasteiger charge is -2.02. The quantitative estimate of drug-likeness (QED) is 0.162. The highest BCUT2D eigenvalue weighted by atomic mass is 79.9. The van der Waals surface area contributed by atoms with Crippen LogP contribution in [0.25, 0.3) is 10.9 Å². The number of phosphoric acid groups is 1. The number of hydrogen-bond acceptors (Lipinski definition) is 11. The van der Waals surface area contributed by atoms with E-state index in [4.69, 9.17) is 21.4 Å². The molecule has 0 spiro atoms. The number of H-pyrrole nitrogens is 4. The van der Waals surface area contributed by atoms with Gasteiger partial charge >= 0.3 is 7.82 Å². The molecule has 0 aliphatic heterocycles. The average molecular weight is 573 g/mol. The Morgan fingerprint density at radius 2 is 1.44 bits per heavy atom. The van der Waals surface area contributed by atoms with Crippen LogP contribution < -0.4 is 4.52 Å². The molecule has 0 saturated carbocycles. The van der Waals surface area contributed by atoms with E-state index in [0.717, 1.165) is 0 Å². The predicted octanol–water partition coefficient (Wildman–Crippen LogP) is 1.08. The Hall–Kier alpha value is -3.02. The van der Waals surface area contributed by atoms with Gasteiger partial charge in [-0.05, 0) is 59.3 Å². The minimum absolute atomic E-state index is 0. The van der Waals surface area contributed by atoms with Gasteiger partial charge in [-0.15, -0.1) is 27.7 Å². The molecule has 0 radical (unpaired) electrons. The highest BCUT2D eigenvalue weighted by Gasteiger charge is 2.18. The van der Waals surface area contributed by atoms with E-state index in [-0.39, 0.29) is 18.3 Å². The first-order valence-electron chi connectivity index (χ1n) is 7.60. The highest BCUT2D eigenvalue weighted by Crippen LogP contribution is 2.40. The summed E-state index contributed by atoms with van der Waals surface area (Å²) < 4.78 is 15.8. The molecule has 5 rings (SSSR count). The monoisotopic (exact) mass is 571 g/mol. The lowest BCUT2D eigenvalue weighted by atomic mass is 10.2. The zero-order valence-electron chi connectivity index (χ0n) is 15.3. The molecule has 5 aromatic rings. The van der Waals surface area contributed by atoms with Crippen LogP contribution in [0.5, 0.6) is 5.88 Å². The van der Waals surface area contributed by atoms with Crippen molar-refractivity contribution >= 4 is 58.7 Å². The smallest absolute Gasteiger partial charge is 0.388 e. The first-order chi connectivity index (χ1) is 14.9. The van der Waals surface area contributed by atoms with Gasteiger partial charge in [0.2, 0.25) is 5.88 Å². The minimum atomic E-state index is -4.56. The van der Waals surface area contributed by atoms with Gasteiger partial charge in [-0.25, -0.2) is 19.9 Å². The lowest BCUT2D eigenvalue weighted by Crippen LogP contribution is -1.89. The molecule has 17 nitrogen and oxygen atoms in total. The zero-order chi connectivity index (χ0) is 22.5. The van der Waals surface area contributed by atoms with Gasteiger partial charge < -0.3 is 9.51 Å². The van der Waals surface area contributed by atoms with Crippen molar-refractivity contribution in [2.45, 2.75) is 0 Å². The SMILES string of the molecule is Cl.O=P(O)(O)Oc1cc2c(Cl)c(Br)ccc2[nH]1.c1nnn[nH]1.c1nnn[nH]1.c1nnn[nH]1. The number of hydrogen-bond donors (Lipinski definition) is 6. The number of phosphoric ester groups is 1. The van der Waals surface area contributed by atoms with Gasteiger partial charge in [0, 0.05) is 21.4 Å². The van der Waals surface area contributed by atoms with E-state index in [2.05, 4.69) is 87.3 Å². The fourth-order valence-electron chi connectivity index (χ4n) is 1.68. The molecule has 0 fully saturated rings. The van der Waals surface area contributed by atoms with Crippen molar-refractivity contribution in [2.24, 2.45) is 0 Å². The molecule has 0 saturated heterocycles. The number of benzene rings is 1. The van der Waals surface area contributed by atoms with Crippen LogP contribution >= 0.6 is 47.8 Å². The van der Waals surface area contributed by atoms with Crippen LogP contribution in [-0.4, -0.2) is 76.6 Å². The van der Waals surface area contributed by atoms with E-state index in [0.29, 0.717) is 20.4 Å². The van der Waals surface area contributed by atoms with Gasteiger partial charge in [0.05, 0.1) is 5.02 Å². The first-order valence-corrected chi connectivity index (χ1v) is 10.3. The van der Waals surface area contributed by atoms with E-state index in [1.165, 1.54) is 25.0 Å². The van der Waals surface area contributed by atoms with E-state index < -0.39 is 7.82 Å². The van der Waals surface area contributed by atoms with E-state index in [1.54, 1.807) is 12.1 Å². The van der Waals surface area contributed by atoms with Crippen LogP contribution in [0.3, 0.4) is 0 Å². The first kappa shape index (κ1) is 27.0. The topological polar surface area (TPSA) is 246 Å². The minimum Gasteiger partial charge on any atom is -0.388 e. The number of halogens is 3. The summed E-state index contributed by atoms with van der Waals surface area (Å²) in [5.74, 6) is -0.0247. The fraction of sp³-hybridized carbons (Fsp3) is 0. The van der Waals surface area contributed by atoms with Crippen LogP contribution in [0, 0.1) is 0 Å². The summed E-state index contributed by atoms with van der Waals surface area (Å²) in [6.45, 7) is 0. The Morgan fingerprint density at radius 3 is 1.78 bits per heavy atom. The van der Waals surface area contributed by atoms with E-state index >= 15 is 0 Å². The maximum absolute atomic E-state index is 10.6. The fourth-order valence-corrected chi connectivity index (χ4v) is 2.60. The van der Waals surface area contributed by atoms with Gasteiger partial charge in [0.1, 0.15) is 19.0 Å². The van der Waals surface area contributed by atoms with Crippen molar-refractivity contribution in [2.75, 3.05) is 0 Å². The third-order valence-corrected chi connectivity index (χ3v) is 4.42. The number of tetrazole rings is 3. The molecule has 0 amide bonds. The second kappa shape index (κ2) is 14.1. The molecular weight excluding hydrogens is 560 g/mol. The molecule has 0 atom stereocenters. The van der Waals surface area contributed by atoms with Crippen LogP contribution in [0.15, 0.2) is 41.7 Å². The molecule has 6 N–H and O–H groups in total. The third-order valence-electron chi connectivity index (χ3n) is 2.69. The van der Waals surface area contributed by atoms with Crippen LogP contribution in [0.4, 0.5) is 0 Å². The number of nitrogens with zero attached hydrogens (tertiary/aromatic N) is 9. The lowest BCUT2D eigenvalue weighted by molar-refractivity contribution is 0.280. The molecule has 0 unspecified atom stereocenters. The number of aromatic amines is 4. The van der Waals surface area contributed by atoms with Gasteiger partial charge in [0.15, 0.2) is 0 Å². The van der Waals surface area contributed by atoms with Crippen molar-refractivity contribution in [3.05, 3.63) is 46.7 Å². The van der Waals surface area contributed by atoms with E-state index in [1.807, 2.05) is 0 Å². The second-order valence-corrected chi connectivity index (χ2v) is 7.12. The summed E-state index contributed by atoms with van der Waals surface area (Å²) in [5, 5.41) is 37.4. The van der Waals surface area contributed by atoms with Crippen molar-refractivity contribution in [1.82, 2.24) is 66.9 Å². The summed E-state index contributed by atoms with van der Waals surface area (Å²) in [6, 6.07) is 4.88. The van der Waals surface area contributed by atoms with Crippen molar-refractivity contribution in [1.29, 1.82) is 0 Å². The normalized spacial score (nSPS) is 9.75. The molecule has 0 aliphatic carbocycles. The standard InChI is InChI=1S/C8H6BrClNO4P.3CH2N4.ClH/c9-5-1-2-6-4(8(5)10)3-7(11-6)15-16(12,13)14;3*1-2-4-5-3-1;/h1-3,11H,(H2,12,13,14);3*1H,(H,2,3,4,5);1H. The van der Waals surface area contributed by atoms with Crippen molar-refractivity contribution in [3.8, 4) is 5.88 Å². The van der Waals surface area contributed by atoms with Crippen LogP contribution in [0.1, 0.15) is 0 Å². The van der Waals surface area contributed by atoms with Crippen LogP contribution in [-0.2, 0) is 4.57 Å². The molecule has 21 heteroatoms. The number of fused-ring (bicyclic) bond motifs is 1. The number of rotatable bonds is 2. The van der Waals surface area contributed by atoms with Crippen LogP contribution in [0.2, 0.25) is 5.02 Å². The van der Waals surface area contributed by atoms with Gasteiger partial charge in [0.25, 0.3) is 0 Å². The molecular formula is C11H13BrCl2N13O4P. The van der Waals surface area contributed by atoms with Gasteiger partial charge in [-0.1, -0.05) is 11.6 Å². The number of aromatic nitrogens is 13. The predicted molar refractivity (Wildman–Crippen MR) is 113 cm³/mol. The average Bonchev–Trinajstić information content (AvgIpc) is 3.53. The zero-order valence-corrected chi connectivity index (χ0v) is 19.4. The van der Waals surface area contributed by atoms with Gasteiger partial charge in [-0.3, -0.25) is 9.79 Å². The summed E-state index contributed by atoms with van der Waals surface area (Å²) >= 11 is 9.24. The molecule has 172 valence electrons. The van der Waals surface area contributed by atoms with Crippen molar-refractivity contribution in [3.63, 3.8) is 0 Å². The maximum atomic E-state index is 10.6. The Kier molecular flexibility index (Phi) is 11.9. The second-order valence-electron chi connectivity index (χ2n) is 4.73. The van der Waals surface area contributed by atoms with Crippen molar-refractivity contribution < 1.29 is 18.9 Å². The maximum Gasteiger partial charge on any atom is 0.525 e. The molecule has 1 aromatic carbocycles. The molecule has 4 heterocycles. The Balaban J connectivity index is 0.000000259. The summed E-state index contributed by atoms with van der Waals surface area (Å²) in [7, 11) is -4.56. The molecule has 0 bridgehead atoms. The molecule has 32 heavy (non-hydrogen) atoms. The summed E-state index contributed by atoms with van der Waals surface area (Å²) in [5.41, 5.74) is 0.636. The van der Waals surface area contributed by atoms with Gasteiger partial charge in [-0.2, -0.15) is 0 Å². The Labute approximate surface area is 196 Å². The molecule has 0 aliphatic rings. The highest BCUT2D eigenvalue weighted by molar-refractivity contribution is 9.10. The largest absolute Gasteiger partial charge is 0.525 e. The third kappa shape index (κ3) is 10.3. The molecule has 4 aromatic heterocycles. The van der Waals surface area contributed by atoms with E-state index in [9.17, 15) is 4.57 Å². The Bertz CT molecular complexity index is 1040. The summed E-state index contributed by atoms with van der Waals surface area (Å²) in [4.78, 5) is 20.0. The summed E-state index contributed by atoms with van der Waals surface area (Å²) in [6.07, 6.45) is 4.21. The Morgan fingerprint density at radius 1 is 0.938 bits per heavy atom.